The van der Waals surface area contributed by atoms with Gasteiger partial charge in [-0.15, -0.1) is 0 Å². The Morgan fingerprint density at radius 1 is 1.28 bits per heavy atom. The smallest absolute Gasteiger partial charge is 0.136 e. The molecular weight excluding hydrogens is 290 g/mol. The summed E-state index contributed by atoms with van der Waals surface area (Å²) in [5.74, 6) is 1.27. The fraction of sp³-hybridized carbons (Fsp3) is 0.357. The minimum Gasteiger partial charge on any atom is -0.383 e. The molecule has 0 aliphatic rings. The number of aromatic nitrogens is 2. The van der Waals surface area contributed by atoms with Crippen LogP contribution in [0.3, 0.4) is 0 Å². The van der Waals surface area contributed by atoms with E-state index in [1.165, 1.54) is 5.56 Å². The Bertz CT molecular complexity index is 505. The molecular formula is C14H18BrN3. The van der Waals surface area contributed by atoms with E-state index in [1.807, 2.05) is 10.7 Å². The summed E-state index contributed by atoms with van der Waals surface area (Å²) in [6, 6.07) is 10.6. The largest absolute Gasteiger partial charge is 0.383 e. The van der Waals surface area contributed by atoms with Crippen LogP contribution < -0.4 is 5.73 Å². The SMILES string of the molecule is CC(C)CC(c1ccccc1)n1ncc(Br)c1N. The van der Waals surface area contributed by atoms with Gasteiger partial charge in [0.1, 0.15) is 5.82 Å². The number of nitrogen functional groups attached to an aromatic ring is 1. The lowest BCUT2D eigenvalue weighted by molar-refractivity contribution is 0.426. The molecule has 4 heteroatoms. The molecule has 96 valence electrons. The summed E-state index contributed by atoms with van der Waals surface area (Å²) in [7, 11) is 0. The molecule has 0 amide bonds. The van der Waals surface area contributed by atoms with Gasteiger partial charge in [-0.1, -0.05) is 44.2 Å². The Hall–Kier alpha value is -1.29. The highest BCUT2D eigenvalue weighted by Gasteiger charge is 2.19. The molecule has 0 fully saturated rings. The standard InChI is InChI=1S/C14H18BrN3/c1-10(2)8-13(11-6-4-3-5-7-11)18-14(16)12(15)9-17-18/h3-7,9-10,13H,8,16H2,1-2H3. The van der Waals surface area contributed by atoms with Crippen LogP contribution in [0.5, 0.6) is 0 Å². The molecule has 3 nitrogen and oxygen atoms in total. The van der Waals surface area contributed by atoms with E-state index >= 15 is 0 Å². The molecule has 0 aliphatic heterocycles. The number of anilines is 1. The molecule has 0 aliphatic carbocycles. The van der Waals surface area contributed by atoms with E-state index in [9.17, 15) is 0 Å². The van der Waals surface area contributed by atoms with Crippen LogP contribution >= 0.6 is 15.9 Å². The normalized spacial score (nSPS) is 12.9. The molecule has 1 heterocycles. The number of nitrogens with zero attached hydrogens (tertiary/aromatic N) is 2. The minimum absolute atomic E-state index is 0.192. The zero-order chi connectivity index (χ0) is 13.1. The van der Waals surface area contributed by atoms with Gasteiger partial charge in [-0.05, 0) is 33.8 Å². The van der Waals surface area contributed by atoms with E-state index in [0.717, 1.165) is 10.9 Å². The second-order valence-corrected chi connectivity index (χ2v) is 5.73. The molecule has 0 bridgehead atoms. The van der Waals surface area contributed by atoms with Crippen LogP contribution in [-0.2, 0) is 0 Å². The number of hydrogen-bond donors (Lipinski definition) is 1. The van der Waals surface area contributed by atoms with Gasteiger partial charge in [0.25, 0.3) is 0 Å². The molecule has 0 saturated carbocycles. The van der Waals surface area contributed by atoms with Gasteiger partial charge in [0, 0.05) is 0 Å². The van der Waals surface area contributed by atoms with Crippen molar-refractivity contribution in [1.82, 2.24) is 9.78 Å². The average Bonchev–Trinajstić information content (AvgIpc) is 2.68. The molecule has 2 rings (SSSR count). The molecule has 1 atom stereocenters. The quantitative estimate of drug-likeness (QED) is 0.932. The third-order valence-electron chi connectivity index (χ3n) is 2.96. The van der Waals surface area contributed by atoms with Crippen molar-refractivity contribution in [2.75, 3.05) is 5.73 Å². The predicted octanol–water partition coefficient (Wildman–Crippen LogP) is 3.86. The number of nitrogens with two attached hydrogens (primary N) is 1. The highest BCUT2D eigenvalue weighted by atomic mass is 79.9. The monoisotopic (exact) mass is 307 g/mol. The summed E-state index contributed by atoms with van der Waals surface area (Å²) in [4.78, 5) is 0. The predicted molar refractivity (Wildman–Crippen MR) is 78.4 cm³/mol. The van der Waals surface area contributed by atoms with Crippen molar-refractivity contribution in [3.63, 3.8) is 0 Å². The molecule has 2 aromatic rings. The third kappa shape index (κ3) is 2.75. The molecule has 0 saturated heterocycles. The molecule has 1 aromatic heterocycles. The van der Waals surface area contributed by atoms with Crippen molar-refractivity contribution < 1.29 is 0 Å². The van der Waals surface area contributed by atoms with Gasteiger partial charge in [-0.25, -0.2) is 4.68 Å². The lowest BCUT2D eigenvalue weighted by atomic mass is 9.97. The second kappa shape index (κ2) is 5.57. The van der Waals surface area contributed by atoms with E-state index in [-0.39, 0.29) is 6.04 Å². The van der Waals surface area contributed by atoms with Gasteiger partial charge in [0.15, 0.2) is 0 Å². The lowest BCUT2D eigenvalue weighted by Gasteiger charge is -2.21. The van der Waals surface area contributed by atoms with E-state index in [4.69, 9.17) is 5.73 Å². The van der Waals surface area contributed by atoms with Crippen molar-refractivity contribution in [3.8, 4) is 0 Å². The minimum atomic E-state index is 0.192. The van der Waals surface area contributed by atoms with Gasteiger partial charge in [-0.2, -0.15) is 5.10 Å². The Morgan fingerprint density at radius 2 is 1.94 bits per heavy atom. The fourth-order valence-corrected chi connectivity index (χ4v) is 2.37. The zero-order valence-electron chi connectivity index (χ0n) is 10.7. The van der Waals surface area contributed by atoms with Crippen LogP contribution in [0, 0.1) is 5.92 Å². The first-order chi connectivity index (χ1) is 8.59. The summed E-state index contributed by atoms with van der Waals surface area (Å²) in [5, 5.41) is 4.39. The van der Waals surface area contributed by atoms with Crippen LogP contribution in [0.4, 0.5) is 5.82 Å². The van der Waals surface area contributed by atoms with Crippen molar-refractivity contribution in [3.05, 3.63) is 46.6 Å². The fourth-order valence-electron chi connectivity index (χ4n) is 2.10. The van der Waals surface area contributed by atoms with E-state index < -0.39 is 0 Å². The van der Waals surface area contributed by atoms with Crippen LogP contribution in [0.2, 0.25) is 0 Å². The Balaban J connectivity index is 2.40. The lowest BCUT2D eigenvalue weighted by Crippen LogP contribution is -2.16. The van der Waals surface area contributed by atoms with Crippen molar-refractivity contribution in [2.45, 2.75) is 26.3 Å². The zero-order valence-corrected chi connectivity index (χ0v) is 12.3. The first kappa shape index (κ1) is 13.1. The van der Waals surface area contributed by atoms with E-state index in [0.29, 0.717) is 11.7 Å². The van der Waals surface area contributed by atoms with Crippen molar-refractivity contribution in [1.29, 1.82) is 0 Å². The van der Waals surface area contributed by atoms with Gasteiger partial charge in [0.2, 0.25) is 0 Å². The maximum atomic E-state index is 6.07. The Kier molecular flexibility index (Phi) is 4.07. The molecule has 18 heavy (non-hydrogen) atoms. The highest BCUT2D eigenvalue weighted by Crippen LogP contribution is 2.30. The number of benzene rings is 1. The summed E-state index contributed by atoms with van der Waals surface area (Å²) < 4.78 is 2.76. The van der Waals surface area contributed by atoms with Crippen LogP contribution in [0.15, 0.2) is 41.0 Å². The molecule has 2 N–H and O–H groups in total. The van der Waals surface area contributed by atoms with Crippen LogP contribution in [-0.4, -0.2) is 9.78 Å². The van der Waals surface area contributed by atoms with E-state index in [1.54, 1.807) is 6.20 Å². The number of halogens is 1. The summed E-state index contributed by atoms with van der Waals surface area (Å²) in [6.45, 7) is 4.43. The third-order valence-corrected chi connectivity index (χ3v) is 3.57. The molecule has 1 aromatic carbocycles. The topological polar surface area (TPSA) is 43.8 Å². The van der Waals surface area contributed by atoms with E-state index in [2.05, 4.69) is 59.1 Å². The highest BCUT2D eigenvalue weighted by molar-refractivity contribution is 9.10. The maximum absolute atomic E-state index is 6.07. The maximum Gasteiger partial charge on any atom is 0.136 e. The average molecular weight is 308 g/mol. The van der Waals surface area contributed by atoms with Crippen molar-refractivity contribution in [2.24, 2.45) is 5.92 Å². The summed E-state index contributed by atoms with van der Waals surface area (Å²) in [5.41, 5.74) is 7.31. The number of hydrogen-bond acceptors (Lipinski definition) is 2. The summed E-state index contributed by atoms with van der Waals surface area (Å²) in [6.07, 6.45) is 2.77. The van der Waals surface area contributed by atoms with Gasteiger partial charge >= 0.3 is 0 Å². The molecule has 1 unspecified atom stereocenters. The number of rotatable bonds is 4. The summed E-state index contributed by atoms with van der Waals surface area (Å²) >= 11 is 3.41. The van der Waals surface area contributed by atoms with Crippen molar-refractivity contribution >= 4 is 21.7 Å². The Labute approximate surface area is 116 Å². The second-order valence-electron chi connectivity index (χ2n) is 4.88. The molecule has 0 radical (unpaired) electrons. The Morgan fingerprint density at radius 3 is 2.44 bits per heavy atom. The van der Waals surface area contributed by atoms with Crippen LogP contribution in [0.1, 0.15) is 31.9 Å². The molecule has 0 spiro atoms. The van der Waals surface area contributed by atoms with Crippen LogP contribution in [0.25, 0.3) is 0 Å². The first-order valence-electron chi connectivity index (χ1n) is 6.13. The van der Waals surface area contributed by atoms with Gasteiger partial charge in [0.05, 0.1) is 16.7 Å². The van der Waals surface area contributed by atoms with Gasteiger partial charge in [-0.3, -0.25) is 0 Å². The van der Waals surface area contributed by atoms with Gasteiger partial charge < -0.3 is 5.73 Å². The first-order valence-corrected chi connectivity index (χ1v) is 6.92.